The Morgan fingerprint density at radius 2 is 2.06 bits per heavy atom. The lowest BCUT2D eigenvalue weighted by atomic mass is 9.80. The number of rotatable bonds is 12. The topological polar surface area (TPSA) is 110 Å². The highest BCUT2D eigenvalue weighted by atomic mass is 32.2. The summed E-state index contributed by atoms with van der Waals surface area (Å²) in [5, 5.41) is 12.2. The molecule has 0 fully saturated rings. The summed E-state index contributed by atoms with van der Waals surface area (Å²) in [6, 6.07) is 1.16. The molecule has 3 unspecified atom stereocenters. The highest BCUT2D eigenvalue weighted by Crippen LogP contribution is 2.34. The van der Waals surface area contributed by atoms with Gasteiger partial charge in [0, 0.05) is 33.4 Å². The van der Waals surface area contributed by atoms with Gasteiger partial charge in [0.2, 0.25) is 0 Å². The number of likely N-dealkylation sites (N-methyl/N-ethyl adjacent to an activating group) is 1. The smallest absolute Gasteiger partial charge is 0.185 e. The Morgan fingerprint density at radius 3 is 2.65 bits per heavy atom. The van der Waals surface area contributed by atoms with Crippen molar-refractivity contribution < 1.29 is 9.47 Å². The Kier molecular flexibility index (Phi) is 11.6. The minimum Gasteiger partial charge on any atom is -0.487 e. The van der Waals surface area contributed by atoms with Gasteiger partial charge < -0.3 is 26.5 Å². The molecule has 1 aliphatic carbocycles. The number of amidine groups is 1. The van der Waals surface area contributed by atoms with Crippen LogP contribution in [0.1, 0.15) is 13.8 Å². The second kappa shape index (κ2) is 13.1. The second-order valence-corrected chi connectivity index (χ2v) is 16.1. The number of nitrogens with zero attached hydrogens (tertiary/aromatic N) is 2. The molecule has 31 heavy (non-hydrogen) atoms. The predicted molar refractivity (Wildman–Crippen MR) is 137 cm³/mol. The van der Waals surface area contributed by atoms with Gasteiger partial charge >= 0.3 is 0 Å². The van der Waals surface area contributed by atoms with Gasteiger partial charge in [0.15, 0.2) is 10.3 Å². The van der Waals surface area contributed by atoms with Crippen molar-refractivity contribution in [3.05, 3.63) is 35.0 Å². The zero-order chi connectivity index (χ0) is 23.6. The summed E-state index contributed by atoms with van der Waals surface area (Å²) in [5.41, 5.74) is 7.75. The van der Waals surface area contributed by atoms with Crippen LogP contribution in [-0.2, 0) is 9.47 Å². The number of thioether (sulfide) groups is 1. The minimum absolute atomic E-state index is 0.0621. The molecule has 0 bridgehead atoms. The average molecular weight is 468 g/mol. The highest BCUT2D eigenvalue weighted by molar-refractivity contribution is 8.16. The molecule has 0 aromatic rings. The van der Waals surface area contributed by atoms with Crippen LogP contribution in [0.5, 0.6) is 0 Å². The normalized spacial score (nSPS) is 22.5. The van der Waals surface area contributed by atoms with Crippen LogP contribution >= 0.6 is 11.8 Å². The molecule has 1 rings (SSSR count). The van der Waals surface area contributed by atoms with Crippen LogP contribution in [0.15, 0.2) is 40.1 Å². The van der Waals surface area contributed by atoms with Gasteiger partial charge in [-0.15, -0.1) is 0 Å². The first-order valence-corrected chi connectivity index (χ1v) is 15.2. The number of hydrazone groups is 1. The van der Waals surface area contributed by atoms with Crippen molar-refractivity contribution in [3.63, 3.8) is 0 Å². The molecule has 0 aromatic carbocycles. The van der Waals surface area contributed by atoms with E-state index in [1.807, 2.05) is 7.05 Å². The summed E-state index contributed by atoms with van der Waals surface area (Å²) in [5.74, 6) is 5.91. The highest BCUT2D eigenvalue weighted by Gasteiger charge is 2.29. The van der Waals surface area contributed by atoms with Gasteiger partial charge in [-0.3, -0.25) is 4.90 Å². The molecule has 0 saturated carbocycles. The van der Waals surface area contributed by atoms with Crippen molar-refractivity contribution in [2.75, 3.05) is 33.5 Å². The van der Waals surface area contributed by atoms with Crippen LogP contribution in [0.4, 0.5) is 0 Å². The van der Waals surface area contributed by atoms with Gasteiger partial charge in [0.05, 0.1) is 13.3 Å². The first-order valence-electron chi connectivity index (χ1n) is 10.7. The molecule has 0 amide bonds. The monoisotopic (exact) mass is 467 g/mol. The van der Waals surface area contributed by atoms with Gasteiger partial charge in [0.25, 0.3) is 0 Å². The maximum atomic E-state index is 8.12. The van der Waals surface area contributed by atoms with Crippen molar-refractivity contribution in [1.29, 1.82) is 5.41 Å². The fraction of sp³-hybridized carbons (Fsp3) is 0.636. The van der Waals surface area contributed by atoms with Gasteiger partial charge in [-0.2, -0.15) is 5.10 Å². The summed E-state index contributed by atoms with van der Waals surface area (Å²) >= 11 is 1.10. The van der Waals surface area contributed by atoms with Crippen LogP contribution in [0, 0.1) is 23.2 Å². The van der Waals surface area contributed by atoms with Crippen molar-refractivity contribution in [2.45, 2.75) is 39.5 Å². The third-order valence-corrected chi connectivity index (χ3v) is 7.87. The Labute approximate surface area is 193 Å². The largest absolute Gasteiger partial charge is 0.487 e. The Balaban J connectivity index is 2.86. The molecule has 0 aliphatic heterocycles. The first-order chi connectivity index (χ1) is 14.5. The van der Waals surface area contributed by atoms with Crippen molar-refractivity contribution >= 4 is 31.2 Å². The van der Waals surface area contributed by atoms with E-state index in [1.165, 1.54) is 6.21 Å². The number of ether oxygens (including phenoxy) is 2. The van der Waals surface area contributed by atoms with E-state index in [0.29, 0.717) is 36.8 Å². The lowest BCUT2D eigenvalue weighted by Crippen LogP contribution is -2.29. The first kappa shape index (κ1) is 27.5. The predicted octanol–water partition coefficient (Wildman–Crippen LogP) is 4.04. The third kappa shape index (κ3) is 10.1. The molecule has 0 radical (unpaired) electrons. The van der Waals surface area contributed by atoms with Gasteiger partial charge in [-0.25, -0.2) is 0 Å². The molecule has 0 spiro atoms. The number of hydrogen-bond acceptors (Lipinski definition) is 7. The number of nitrogens with one attached hydrogen (secondary N) is 1. The van der Waals surface area contributed by atoms with E-state index in [-0.39, 0.29) is 11.1 Å². The SMILES string of the molecule is C=C(OCC1C(C=N)=C(CN(C)COCC[Si](C)(C)C)C=CC(C)C1C)S/C(N)=N\N. The standard InChI is InChI=1S/C22H41N5O2SSi/c1-16-8-9-19(13-27(4)15-28-10-11-31(5,6)7)20(12-23)21(17(16)2)14-29-18(3)30-22(24)26-25/h8-9,12,16-17,21,23H,3,10-11,13-15,25H2,1-2,4-7H3,(H2,24,26). The fourth-order valence-electron chi connectivity index (χ4n) is 3.30. The van der Waals surface area contributed by atoms with E-state index in [0.717, 1.165) is 35.6 Å². The molecule has 0 saturated heterocycles. The van der Waals surface area contributed by atoms with E-state index < -0.39 is 8.07 Å². The van der Waals surface area contributed by atoms with Gasteiger partial charge in [-0.05, 0) is 54.4 Å². The van der Waals surface area contributed by atoms with E-state index in [9.17, 15) is 0 Å². The van der Waals surface area contributed by atoms with E-state index in [2.05, 4.69) is 62.2 Å². The quantitative estimate of drug-likeness (QED) is 0.0584. The van der Waals surface area contributed by atoms with Gasteiger partial charge in [0.1, 0.15) is 0 Å². The van der Waals surface area contributed by atoms with Crippen LogP contribution < -0.4 is 11.6 Å². The molecule has 3 atom stereocenters. The maximum absolute atomic E-state index is 8.12. The van der Waals surface area contributed by atoms with Crippen LogP contribution in [0.3, 0.4) is 0 Å². The zero-order valence-corrected chi connectivity index (χ0v) is 21.8. The lowest BCUT2D eigenvalue weighted by molar-refractivity contribution is 0.0556. The van der Waals surface area contributed by atoms with Crippen molar-refractivity contribution in [1.82, 2.24) is 4.90 Å². The average Bonchev–Trinajstić information content (AvgIpc) is 2.80. The number of hydrogen-bond donors (Lipinski definition) is 3. The lowest BCUT2D eigenvalue weighted by Gasteiger charge is -2.28. The molecular weight excluding hydrogens is 426 g/mol. The maximum Gasteiger partial charge on any atom is 0.185 e. The third-order valence-electron chi connectivity index (χ3n) is 5.51. The molecule has 7 nitrogen and oxygen atoms in total. The molecule has 5 N–H and O–H groups in total. The molecular formula is C22H41N5O2SSi. The van der Waals surface area contributed by atoms with Crippen LogP contribution in [0.25, 0.3) is 0 Å². The van der Waals surface area contributed by atoms with Crippen LogP contribution in [0.2, 0.25) is 25.7 Å². The minimum atomic E-state index is -1.09. The Bertz CT molecular complexity index is 703. The number of allylic oxidation sites excluding steroid dienone is 1. The summed E-state index contributed by atoms with van der Waals surface area (Å²) < 4.78 is 11.8. The van der Waals surface area contributed by atoms with Gasteiger partial charge in [-0.1, -0.05) is 45.6 Å². The van der Waals surface area contributed by atoms with Crippen LogP contribution in [-0.4, -0.2) is 57.9 Å². The van der Waals surface area contributed by atoms with Crippen molar-refractivity contribution in [3.8, 4) is 0 Å². The fourth-order valence-corrected chi connectivity index (χ4v) is 4.47. The zero-order valence-electron chi connectivity index (χ0n) is 20.0. The molecule has 9 heteroatoms. The molecule has 1 aliphatic rings. The number of nitrogens with two attached hydrogens (primary N) is 2. The van der Waals surface area contributed by atoms with E-state index >= 15 is 0 Å². The summed E-state index contributed by atoms with van der Waals surface area (Å²) in [6.07, 6.45) is 5.85. The molecule has 0 heterocycles. The second-order valence-electron chi connectivity index (χ2n) is 9.42. The Hall–Kier alpha value is -1.55. The molecule has 0 aromatic heterocycles. The summed E-state index contributed by atoms with van der Waals surface area (Å²) in [7, 11) is 0.959. The summed E-state index contributed by atoms with van der Waals surface area (Å²) in [6.45, 7) is 17.8. The Morgan fingerprint density at radius 1 is 1.39 bits per heavy atom. The summed E-state index contributed by atoms with van der Waals surface area (Å²) in [4.78, 5) is 2.15. The van der Waals surface area contributed by atoms with E-state index in [1.54, 1.807) is 0 Å². The van der Waals surface area contributed by atoms with E-state index in [4.69, 9.17) is 26.5 Å². The molecule has 176 valence electrons. The van der Waals surface area contributed by atoms with Crippen molar-refractivity contribution in [2.24, 2.45) is 34.4 Å².